The molecule has 2 aromatic carbocycles. The third-order valence-corrected chi connectivity index (χ3v) is 6.09. The van der Waals surface area contributed by atoms with Crippen LogP contribution in [0.5, 0.6) is 0 Å². The summed E-state index contributed by atoms with van der Waals surface area (Å²) in [6, 6.07) is 15.4. The molecule has 4 heterocycles. The van der Waals surface area contributed by atoms with E-state index in [1.807, 2.05) is 12.1 Å². The molecular weight excluding hydrogens is 685 g/mol. The summed E-state index contributed by atoms with van der Waals surface area (Å²) in [7, 11) is 0. The molecule has 8 nitrogen and oxygen atoms in total. The summed E-state index contributed by atoms with van der Waals surface area (Å²) in [6.45, 7) is 13.8. The van der Waals surface area contributed by atoms with Crippen LogP contribution in [-0.4, -0.2) is 29.5 Å². The molecule has 0 unspecified atom stereocenters. The second-order valence-corrected chi connectivity index (χ2v) is 9.95. The van der Waals surface area contributed by atoms with Crippen LogP contribution in [0.15, 0.2) is 110 Å². The van der Waals surface area contributed by atoms with E-state index in [1.165, 1.54) is 28.9 Å². The summed E-state index contributed by atoms with van der Waals surface area (Å²) < 4.78 is 30.6. The highest BCUT2D eigenvalue weighted by Crippen LogP contribution is 2.21. The average Bonchev–Trinajstić information content (AvgIpc) is 3.74. The SMILES string of the molecule is C#Cc1ccncc1.[C-]#[N+]c1cc(F)cc(-n2cc(C#Cc3ccncc3)cn2)c1.[C-]#[N+]c1cc(F)cc(-n2cc(I)cn2)c1. The largest absolute Gasteiger partial charge is 0.265 e. The number of rotatable bonds is 2. The van der Waals surface area contributed by atoms with Crippen molar-refractivity contribution in [3.05, 3.63) is 165 Å². The number of halogens is 3. The predicted molar refractivity (Wildman–Crippen MR) is 175 cm³/mol. The monoisotopic (exact) mass is 704 g/mol. The van der Waals surface area contributed by atoms with Gasteiger partial charge < -0.3 is 0 Å². The second kappa shape index (κ2) is 15.9. The molecule has 216 valence electrons. The quantitative estimate of drug-likeness (QED) is 0.106. The van der Waals surface area contributed by atoms with E-state index in [4.69, 9.17) is 19.6 Å². The Morgan fingerprint density at radius 3 is 1.62 bits per heavy atom. The molecule has 0 bridgehead atoms. The van der Waals surface area contributed by atoms with E-state index in [0.29, 0.717) is 16.9 Å². The number of hydrogen-bond donors (Lipinski definition) is 0. The maximum Gasteiger partial charge on any atom is 0.192 e. The highest BCUT2D eigenvalue weighted by molar-refractivity contribution is 14.1. The van der Waals surface area contributed by atoms with Crippen LogP contribution in [0, 0.1) is 52.5 Å². The molecule has 0 radical (unpaired) electrons. The summed E-state index contributed by atoms with van der Waals surface area (Å²) in [4.78, 5) is 14.1. The van der Waals surface area contributed by atoms with Gasteiger partial charge in [0.05, 0.1) is 46.0 Å². The van der Waals surface area contributed by atoms with Crippen molar-refractivity contribution in [2.24, 2.45) is 0 Å². The van der Waals surface area contributed by atoms with Crippen molar-refractivity contribution < 1.29 is 8.78 Å². The fourth-order valence-corrected chi connectivity index (χ4v) is 3.90. The number of benzene rings is 2. The fourth-order valence-electron chi connectivity index (χ4n) is 3.51. The molecule has 0 spiro atoms. The van der Waals surface area contributed by atoms with Crippen LogP contribution < -0.4 is 0 Å². The van der Waals surface area contributed by atoms with Crippen LogP contribution in [0.1, 0.15) is 16.7 Å². The van der Waals surface area contributed by atoms with Crippen LogP contribution in [0.3, 0.4) is 0 Å². The Morgan fingerprint density at radius 1 is 0.667 bits per heavy atom. The first-order valence-corrected chi connectivity index (χ1v) is 13.8. The van der Waals surface area contributed by atoms with Gasteiger partial charge in [-0.1, -0.05) is 17.8 Å². The molecule has 0 N–H and O–H groups in total. The third kappa shape index (κ3) is 9.69. The topological polar surface area (TPSA) is 70.1 Å². The summed E-state index contributed by atoms with van der Waals surface area (Å²) in [6.07, 6.45) is 18.5. The van der Waals surface area contributed by atoms with Crippen molar-refractivity contribution >= 4 is 34.0 Å². The van der Waals surface area contributed by atoms with Crippen molar-refractivity contribution in [2.75, 3.05) is 0 Å². The Labute approximate surface area is 271 Å². The Bertz CT molecular complexity index is 2090. The second-order valence-electron chi connectivity index (χ2n) is 8.70. The van der Waals surface area contributed by atoms with Crippen molar-refractivity contribution in [1.29, 1.82) is 0 Å². The maximum absolute atomic E-state index is 13.5. The van der Waals surface area contributed by atoms with E-state index < -0.39 is 11.6 Å². The van der Waals surface area contributed by atoms with Crippen molar-refractivity contribution in [3.8, 4) is 35.6 Å². The predicted octanol–water partition coefficient (Wildman–Crippen LogP) is 7.59. The van der Waals surface area contributed by atoms with Gasteiger partial charge in [0, 0.05) is 48.3 Å². The number of terminal acetylenes is 1. The minimum absolute atomic E-state index is 0.231. The van der Waals surface area contributed by atoms with Crippen LogP contribution in [0.25, 0.3) is 21.1 Å². The molecule has 6 rings (SSSR count). The molecular formula is C34H19F2IN8. The molecule has 0 aliphatic heterocycles. The maximum atomic E-state index is 13.5. The lowest BCUT2D eigenvalue weighted by atomic mass is 10.2. The van der Waals surface area contributed by atoms with Crippen molar-refractivity contribution in [1.82, 2.24) is 29.5 Å². The van der Waals surface area contributed by atoms with E-state index in [0.717, 1.165) is 14.7 Å². The number of nitrogens with zero attached hydrogens (tertiary/aromatic N) is 8. The first kappa shape index (κ1) is 31.8. The van der Waals surface area contributed by atoms with Gasteiger partial charge in [0.1, 0.15) is 11.6 Å². The number of pyridine rings is 2. The summed E-state index contributed by atoms with van der Waals surface area (Å²) in [5.74, 6) is 7.56. The highest BCUT2D eigenvalue weighted by Gasteiger charge is 2.05. The van der Waals surface area contributed by atoms with Crippen molar-refractivity contribution in [2.45, 2.75) is 0 Å². The average molecular weight is 704 g/mol. The fraction of sp³-hybridized carbons (Fsp3) is 0. The normalized spacial score (nSPS) is 9.42. The van der Waals surface area contributed by atoms with Crippen molar-refractivity contribution in [3.63, 3.8) is 0 Å². The summed E-state index contributed by atoms with van der Waals surface area (Å²) >= 11 is 2.12. The lowest BCUT2D eigenvalue weighted by Gasteiger charge is -2.01. The first-order chi connectivity index (χ1) is 21.9. The van der Waals surface area contributed by atoms with Crippen LogP contribution in [0.4, 0.5) is 20.2 Å². The lowest BCUT2D eigenvalue weighted by molar-refractivity contribution is 0.626. The molecule has 11 heteroatoms. The smallest absolute Gasteiger partial charge is 0.192 e. The zero-order chi connectivity index (χ0) is 32.0. The summed E-state index contributed by atoms with van der Waals surface area (Å²) in [5.41, 5.74) is 3.98. The van der Waals surface area contributed by atoms with Crippen LogP contribution in [0.2, 0.25) is 0 Å². The van der Waals surface area contributed by atoms with Gasteiger partial charge >= 0.3 is 0 Å². The zero-order valence-corrected chi connectivity index (χ0v) is 25.3. The third-order valence-electron chi connectivity index (χ3n) is 5.53. The molecule has 0 amide bonds. The van der Waals surface area contributed by atoms with E-state index in [9.17, 15) is 8.78 Å². The molecule has 0 aliphatic carbocycles. The molecule has 4 aromatic heterocycles. The van der Waals surface area contributed by atoms with E-state index in [1.54, 1.807) is 78.5 Å². The number of hydrogen-bond acceptors (Lipinski definition) is 4. The Hall–Kier alpha value is -6.15. The number of aromatic nitrogens is 6. The van der Waals surface area contributed by atoms with Gasteiger partial charge in [-0.2, -0.15) is 10.2 Å². The molecule has 0 fully saturated rings. The minimum Gasteiger partial charge on any atom is -0.265 e. The summed E-state index contributed by atoms with van der Waals surface area (Å²) in [5, 5.41) is 8.19. The van der Waals surface area contributed by atoms with E-state index >= 15 is 0 Å². The minimum atomic E-state index is -0.469. The van der Waals surface area contributed by atoms with E-state index in [-0.39, 0.29) is 11.4 Å². The van der Waals surface area contributed by atoms with Crippen LogP contribution in [-0.2, 0) is 0 Å². The highest BCUT2D eigenvalue weighted by atomic mass is 127. The van der Waals surface area contributed by atoms with Gasteiger partial charge in [-0.15, -0.1) is 6.42 Å². The molecule has 0 aliphatic rings. The van der Waals surface area contributed by atoms with E-state index in [2.05, 4.69) is 70.2 Å². The lowest BCUT2D eigenvalue weighted by Crippen LogP contribution is -1.94. The van der Waals surface area contributed by atoms with Gasteiger partial charge in [0.15, 0.2) is 11.4 Å². The zero-order valence-electron chi connectivity index (χ0n) is 23.2. The Kier molecular flexibility index (Phi) is 11.2. The molecule has 6 aromatic rings. The Morgan fingerprint density at radius 2 is 1.16 bits per heavy atom. The van der Waals surface area contributed by atoms with Gasteiger partial charge in [-0.25, -0.2) is 27.8 Å². The molecule has 0 saturated carbocycles. The van der Waals surface area contributed by atoms with Gasteiger partial charge in [-0.05, 0) is 83.3 Å². The molecule has 45 heavy (non-hydrogen) atoms. The molecule has 0 saturated heterocycles. The first-order valence-electron chi connectivity index (χ1n) is 12.8. The van der Waals surface area contributed by atoms with Gasteiger partial charge in [0.2, 0.25) is 0 Å². The molecule has 0 atom stereocenters. The van der Waals surface area contributed by atoms with Gasteiger partial charge in [0.25, 0.3) is 0 Å². The van der Waals surface area contributed by atoms with Crippen LogP contribution >= 0.6 is 22.6 Å². The standard InChI is InChI=1S/C17H9FN4.C10H5FIN3.C7H5N/c1-19-16-8-15(18)9-17(10-16)22-12-14(11-21-22)3-2-13-4-6-20-7-5-13;1-13-9-2-7(11)3-10(4-9)15-6-8(12)5-14-15;1-2-7-3-5-8-6-4-7/h4-12H;2-6H;1,3-6H. The Balaban J connectivity index is 0.000000172. The van der Waals surface area contributed by atoms with Gasteiger partial charge in [-0.3, -0.25) is 9.97 Å².